The van der Waals surface area contributed by atoms with E-state index in [1.165, 1.54) is 6.08 Å². The SMILES string of the molecule is CN(C)C/C=C/C(=O)Nc1ccc(NC(=O)c2cccc(Cc3ncc(Cl)c(-c4c[nH]c5ccccc45)n3)c2)cc1. The minimum atomic E-state index is -0.244. The molecule has 2 heterocycles. The van der Waals surface area contributed by atoms with Gasteiger partial charge in [-0.3, -0.25) is 9.59 Å². The van der Waals surface area contributed by atoms with E-state index in [9.17, 15) is 9.59 Å². The molecule has 0 bridgehead atoms. The van der Waals surface area contributed by atoms with Crippen LogP contribution in [-0.2, 0) is 11.2 Å². The Morgan fingerprint density at radius 1 is 0.976 bits per heavy atom. The predicted octanol–water partition coefficient (Wildman–Crippen LogP) is 6.18. The molecular formula is C32H29ClN6O2. The lowest BCUT2D eigenvalue weighted by Crippen LogP contribution is -2.13. The third-order valence-electron chi connectivity index (χ3n) is 6.34. The number of hydrogen-bond acceptors (Lipinski definition) is 5. The molecule has 5 rings (SSSR count). The van der Waals surface area contributed by atoms with Crippen molar-refractivity contribution in [2.45, 2.75) is 6.42 Å². The van der Waals surface area contributed by atoms with Crippen LogP contribution in [0.4, 0.5) is 11.4 Å². The number of aromatic nitrogens is 3. The molecule has 41 heavy (non-hydrogen) atoms. The number of amides is 2. The maximum Gasteiger partial charge on any atom is 0.255 e. The summed E-state index contributed by atoms with van der Waals surface area (Å²) in [5, 5.41) is 7.21. The first-order valence-corrected chi connectivity index (χ1v) is 13.4. The van der Waals surface area contributed by atoms with Crippen molar-refractivity contribution in [2.24, 2.45) is 0 Å². The van der Waals surface area contributed by atoms with Gasteiger partial charge in [0.1, 0.15) is 5.82 Å². The summed E-state index contributed by atoms with van der Waals surface area (Å²) in [7, 11) is 3.86. The predicted molar refractivity (Wildman–Crippen MR) is 164 cm³/mol. The van der Waals surface area contributed by atoms with Gasteiger partial charge >= 0.3 is 0 Å². The van der Waals surface area contributed by atoms with Gasteiger partial charge < -0.3 is 20.5 Å². The van der Waals surface area contributed by atoms with E-state index in [0.29, 0.717) is 46.4 Å². The molecule has 9 heteroatoms. The van der Waals surface area contributed by atoms with Crippen LogP contribution in [-0.4, -0.2) is 52.3 Å². The number of carbonyl (C=O) groups is 2. The van der Waals surface area contributed by atoms with Gasteiger partial charge in [-0.1, -0.05) is 48.0 Å². The molecule has 0 fully saturated rings. The maximum atomic E-state index is 13.0. The number of benzene rings is 3. The molecule has 2 aromatic heterocycles. The van der Waals surface area contributed by atoms with E-state index < -0.39 is 0 Å². The second-order valence-corrected chi connectivity index (χ2v) is 10.2. The van der Waals surface area contributed by atoms with Crippen molar-refractivity contribution >= 4 is 45.7 Å². The zero-order chi connectivity index (χ0) is 28.8. The Labute approximate surface area is 243 Å². The lowest BCUT2D eigenvalue weighted by molar-refractivity contribution is -0.111. The lowest BCUT2D eigenvalue weighted by atomic mass is 10.1. The van der Waals surface area contributed by atoms with E-state index in [-0.39, 0.29) is 11.8 Å². The average molecular weight is 565 g/mol. The molecule has 0 saturated carbocycles. The Morgan fingerprint density at radius 3 is 2.51 bits per heavy atom. The summed E-state index contributed by atoms with van der Waals surface area (Å²) in [6.45, 7) is 0.679. The van der Waals surface area contributed by atoms with Gasteiger partial charge in [0.05, 0.1) is 10.7 Å². The number of likely N-dealkylation sites (N-methyl/N-ethyl adjacent to an activating group) is 1. The van der Waals surface area contributed by atoms with Crippen LogP contribution in [0.15, 0.2) is 97.3 Å². The van der Waals surface area contributed by atoms with Crippen molar-refractivity contribution < 1.29 is 9.59 Å². The molecule has 3 N–H and O–H groups in total. The molecule has 0 aliphatic heterocycles. The Balaban J connectivity index is 1.24. The molecule has 5 aromatic rings. The molecule has 0 aliphatic carbocycles. The summed E-state index contributed by atoms with van der Waals surface area (Å²) in [6.07, 6.45) is 7.24. The standard InChI is InChI=1S/C32H29ClN6O2/c1-39(2)16-6-11-30(40)36-23-12-14-24(15-13-23)37-32(41)22-8-5-7-21(17-22)18-29-35-20-27(33)31(38-29)26-19-34-28-10-4-3-9-25(26)28/h3-15,17,19-20,34H,16,18H2,1-2H3,(H,36,40)(H,37,41)/b11-6+. The van der Waals surface area contributed by atoms with Gasteiger partial charge in [0.15, 0.2) is 0 Å². The number of para-hydroxylation sites is 1. The second kappa shape index (κ2) is 12.6. The van der Waals surface area contributed by atoms with E-state index in [4.69, 9.17) is 16.6 Å². The van der Waals surface area contributed by atoms with Crippen molar-refractivity contribution in [3.05, 3.63) is 119 Å². The summed E-state index contributed by atoms with van der Waals surface area (Å²) >= 11 is 6.48. The van der Waals surface area contributed by atoms with E-state index in [2.05, 4.69) is 20.6 Å². The van der Waals surface area contributed by atoms with Gasteiger partial charge in [0.25, 0.3) is 5.91 Å². The fraction of sp³-hybridized carbons (Fsp3) is 0.125. The maximum absolute atomic E-state index is 13.0. The first-order valence-electron chi connectivity index (χ1n) is 13.1. The van der Waals surface area contributed by atoms with Crippen LogP contribution in [0.25, 0.3) is 22.2 Å². The van der Waals surface area contributed by atoms with Crippen LogP contribution in [0.1, 0.15) is 21.7 Å². The highest BCUT2D eigenvalue weighted by atomic mass is 35.5. The number of anilines is 2. The van der Waals surface area contributed by atoms with Crippen LogP contribution in [0, 0.1) is 0 Å². The smallest absolute Gasteiger partial charge is 0.255 e. The molecule has 8 nitrogen and oxygen atoms in total. The fourth-order valence-corrected chi connectivity index (χ4v) is 4.54. The van der Waals surface area contributed by atoms with Gasteiger partial charge in [-0.05, 0) is 62.1 Å². The number of halogens is 1. The topological polar surface area (TPSA) is 103 Å². The van der Waals surface area contributed by atoms with Gasteiger partial charge in [-0.25, -0.2) is 9.97 Å². The highest BCUT2D eigenvalue weighted by molar-refractivity contribution is 6.33. The fourth-order valence-electron chi connectivity index (χ4n) is 4.34. The van der Waals surface area contributed by atoms with Gasteiger partial charge in [0, 0.05) is 64.8 Å². The van der Waals surface area contributed by atoms with Crippen molar-refractivity contribution in [1.82, 2.24) is 19.9 Å². The van der Waals surface area contributed by atoms with Crippen molar-refractivity contribution in [2.75, 3.05) is 31.3 Å². The van der Waals surface area contributed by atoms with Crippen LogP contribution in [0.5, 0.6) is 0 Å². The van der Waals surface area contributed by atoms with E-state index in [1.54, 1.807) is 42.6 Å². The third-order valence-corrected chi connectivity index (χ3v) is 6.62. The molecular weight excluding hydrogens is 536 g/mol. The molecule has 0 atom stereocenters. The number of rotatable bonds is 9. The number of nitrogens with one attached hydrogen (secondary N) is 3. The lowest BCUT2D eigenvalue weighted by Gasteiger charge is -2.09. The quantitative estimate of drug-likeness (QED) is 0.186. The zero-order valence-corrected chi connectivity index (χ0v) is 23.4. The van der Waals surface area contributed by atoms with Crippen LogP contribution in [0.3, 0.4) is 0 Å². The molecule has 3 aromatic carbocycles. The Bertz CT molecular complexity index is 1730. The number of aromatic amines is 1. The molecule has 0 aliphatic rings. The molecule has 0 unspecified atom stereocenters. The summed E-state index contributed by atoms with van der Waals surface area (Å²) in [5.74, 6) is 0.145. The van der Waals surface area contributed by atoms with E-state index >= 15 is 0 Å². The number of nitrogens with zero attached hydrogens (tertiary/aromatic N) is 3. The van der Waals surface area contributed by atoms with Crippen molar-refractivity contribution in [3.8, 4) is 11.3 Å². The Morgan fingerprint density at radius 2 is 1.73 bits per heavy atom. The summed E-state index contributed by atoms with van der Waals surface area (Å²) in [5.41, 5.74) is 5.23. The molecule has 0 spiro atoms. The number of H-pyrrole nitrogens is 1. The average Bonchev–Trinajstić information content (AvgIpc) is 3.39. The van der Waals surface area contributed by atoms with Crippen LogP contribution in [0.2, 0.25) is 5.02 Å². The van der Waals surface area contributed by atoms with Crippen LogP contribution >= 0.6 is 11.6 Å². The molecule has 206 valence electrons. The second-order valence-electron chi connectivity index (χ2n) is 9.79. The largest absolute Gasteiger partial charge is 0.360 e. The zero-order valence-electron chi connectivity index (χ0n) is 22.7. The van der Waals surface area contributed by atoms with Crippen molar-refractivity contribution in [1.29, 1.82) is 0 Å². The third kappa shape index (κ3) is 7.05. The number of carbonyl (C=O) groups excluding carboxylic acids is 2. The van der Waals surface area contributed by atoms with Gasteiger partial charge in [-0.2, -0.15) is 0 Å². The highest BCUT2D eigenvalue weighted by Crippen LogP contribution is 2.32. The Hall–Kier alpha value is -4.79. The van der Waals surface area contributed by atoms with Crippen molar-refractivity contribution in [3.63, 3.8) is 0 Å². The normalized spacial score (nSPS) is 11.3. The van der Waals surface area contributed by atoms with Gasteiger partial charge in [0.2, 0.25) is 5.91 Å². The summed E-state index contributed by atoms with van der Waals surface area (Å²) in [4.78, 5) is 39.4. The number of fused-ring (bicyclic) bond motifs is 1. The molecule has 0 radical (unpaired) electrons. The monoisotopic (exact) mass is 564 g/mol. The highest BCUT2D eigenvalue weighted by Gasteiger charge is 2.14. The number of hydrogen-bond donors (Lipinski definition) is 3. The Kier molecular flexibility index (Phi) is 8.53. The van der Waals surface area contributed by atoms with Gasteiger partial charge in [-0.15, -0.1) is 0 Å². The molecule has 0 saturated heterocycles. The van der Waals surface area contributed by atoms with E-state index in [0.717, 1.165) is 22.0 Å². The van der Waals surface area contributed by atoms with E-state index in [1.807, 2.05) is 67.7 Å². The first-order chi connectivity index (χ1) is 19.9. The minimum absolute atomic E-state index is 0.210. The summed E-state index contributed by atoms with van der Waals surface area (Å²) < 4.78 is 0. The summed E-state index contributed by atoms with van der Waals surface area (Å²) in [6, 6.07) is 22.3. The van der Waals surface area contributed by atoms with Crippen LogP contribution < -0.4 is 10.6 Å². The molecule has 2 amide bonds. The first kappa shape index (κ1) is 27.8. The minimum Gasteiger partial charge on any atom is -0.360 e.